The van der Waals surface area contributed by atoms with Crippen LogP contribution in [0.1, 0.15) is 35.4 Å². The van der Waals surface area contributed by atoms with Crippen molar-refractivity contribution in [2.45, 2.75) is 39.7 Å². The van der Waals surface area contributed by atoms with Crippen molar-refractivity contribution < 1.29 is 0 Å². The van der Waals surface area contributed by atoms with Gasteiger partial charge in [-0.25, -0.2) is 0 Å². The fourth-order valence-electron chi connectivity index (χ4n) is 3.61. The number of nitrogens with one attached hydrogen (secondary N) is 1. The Kier molecular flexibility index (Phi) is 4.88. The van der Waals surface area contributed by atoms with E-state index < -0.39 is 0 Å². The van der Waals surface area contributed by atoms with Crippen LogP contribution < -0.4 is 5.32 Å². The van der Waals surface area contributed by atoms with E-state index in [-0.39, 0.29) is 12.4 Å². The Bertz CT molecular complexity index is 733. The van der Waals surface area contributed by atoms with Crippen molar-refractivity contribution in [2.24, 2.45) is 13.0 Å². The van der Waals surface area contributed by atoms with E-state index in [1.807, 2.05) is 11.7 Å². The third-order valence-corrected chi connectivity index (χ3v) is 5.29. The Labute approximate surface area is 150 Å². The molecule has 0 amide bonds. The lowest BCUT2D eigenvalue weighted by Gasteiger charge is -2.29. The first kappa shape index (κ1) is 17.3. The van der Waals surface area contributed by atoms with Gasteiger partial charge in [0.1, 0.15) is 0 Å². The number of hydrogen-bond donors (Lipinski definition) is 1. The number of aromatic nitrogens is 2. The van der Waals surface area contributed by atoms with E-state index in [1.54, 1.807) is 0 Å². The van der Waals surface area contributed by atoms with E-state index in [9.17, 15) is 0 Å². The lowest BCUT2D eigenvalue weighted by molar-refractivity contribution is 0.244. The normalized spacial score (nSPS) is 17.3. The first-order valence-corrected chi connectivity index (χ1v) is 8.71. The van der Waals surface area contributed by atoms with E-state index in [1.165, 1.54) is 54.9 Å². The van der Waals surface area contributed by atoms with Gasteiger partial charge in [0.25, 0.3) is 0 Å². The van der Waals surface area contributed by atoms with Crippen LogP contribution in [0.5, 0.6) is 0 Å². The maximum atomic E-state index is 4.49. The van der Waals surface area contributed by atoms with Crippen molar-refractivity contribution >= 4 is 23.8 Å². The summed E-state index contributed by atoms with van der Waals surface area (Å²) >= 11 is 0. The Morgan fingerprint density at radius 2 is 2.00 bits per heavy atom. The number of benzene rings is 1. The molecule has 2 aromatic rings. The molecule has 5 heteroatoms. The number of halogens is 1. The third-order valence-electron chi connectivity index (χ3n) is 5.29. The molecule has 1 aliphatic heterocycles. The lowest BCUT2D eigenvalue weighted by Crippen LogP contribution is -2.32. The maximum absolute atomic E-state index is 4.49. The van der Waals surface area contributed by atoms with Crippen LogP contribution in [-0.2, 0) is 20.0 Å². The molecule has 0 bridgehead atoms. The van der Waals surface area contributed by atoms with Crippen molar-refractivity contribution in [2.75, 3.05) is 18.4 Å². The summed E-state index contributed by atoms with van der Waals surface area (Å²) < 4.78 is 1.94. The van der Waals surface area contributed by atoms with Crippen LogP contribution in [0.15, 0.2) is 18.2 Å². The average molecular weight is 347 g/mol. The number of rotatable bonds is 4. The van der Waals surface area contributed by atoms with Gasteiger partial charge in [-0.3, -0.25) is 9.58 Å². The molecule has 1 aromatic carbocycles. The minimum absolute atomic E-state index is 0. The van der Waals surface area contributed by atoms with Gasteiger partial charge >= 0.3 is 0 Å². The minimum Gasteiger partial charge on any atom is -0.353 e. The van der Waals surface area contributed by atoms with E-state index in [0.717, 1.165) is 23.8 Å². The average Bonchev–Trinajstić information content (AvgIpc) is 3.31. The SMILES string of the molecule is Cc1nn(C)c(C)c1Nc1ccc2c(c1)CN(CC1CC1)CC2.Cl. The van der Waals surface area contributed by atoms with Crippen molar-refractivity contribution in [1.82, 2.24) is 14.7 Å². The van der Waals surface area contributed by atoms with E-state index in [2.05, 4.69) is 47.4 Å². The van der Waals surface area contributed by atoms with Crippen LogP contribution in [0.3, 0.4) is 0 Å². The van der Waals surface area contributed by atoms with Gasteiger partial charge in [-0.15, -0.1) is 12.4 Å². The number of anilines is 2. The monoisotopic (exact) mass is 346 g/mol. The summed E-state index contributed by atoms with van der Waals surface area (Å²) in [5.41, 5.74) is 7.55. The zero-order chi connectivity index (χ0) is 16.0. The van der Waals surface area contributed by atoms with Gasteiger partial charge in [0.05, 0.1) is 17.1 Å². The summed E-state index contributed by atoms with van der Waals surface area (Å²) in [5.74, 6) is 0.971. The van der Waals surface area contributed by atoms with E-state index >= 15 is 0 Å². The largest absolute Gasteiger partial charge is 0.353 e. The molecule has 1 fully saturated rings. The van der Waals surface area contributed by atoms with Gasteiger partial charge in [-0.2, -0.15) is 5.10 Å². The van der Waals surface area contributed by atoms with Gasteiger partial charge in [-0.05, 0) is 62.3 Å². The fourth-order valence-corrected chi connectivity index (χ4v) is 3.61. The van der Waals surface area contributed by atoms with Crippen LogP contribution >= 0.6 is 12.4 Å². The number of nitrogens with zero attached hydrogens (tertiary/aromatic N) is 3. The van der Waals surface area contributed by atoms with E-state index in [4.69, 9.17) is 0 Å². The second-order valence-electron chi connectivity index (χ2n) is 7.21. The predicted molar refractivity (Wildman–Crippen MR) is 101 cm³/mol. The first-order chi connectivity index (χ1) is 11.1. The Hall–Kier alpha value is -1.52. The highest BCUT2D eigenvalue weighted by Gasteiger charge is 2.26. The third kappa shape index (κ3) is 3.45. The molecule has 4 nitrogen and oxygen atoms in total. The molecule has 0 radical (unpaired) electrons. The van der Waals surface area contributed by atoms with Gasteiger partial charge in [0.2, 0.25) is 0 Å². The van der Waals surface area contributed by atoms with Gasteiger partial charge < -0.3 is 5.32 Å². The summed E-state index contributed by atoms with van der Waals surface area (Å²) in [7, 11) is 2.00. The second kappa shape index (κ2) is 6.77. The van der Waals surface area contributed by atoms with Crippen molar-refractivity contribution in [3.63, 3.8) is 0 Å². The van der Waals surface area contributed by atoms with E-state index in [0.29, 0.717) is 0 Å². The molecule has 1 N–H and O–H groups in total. The molecule has 0 saturated heterocycles. The van der Waals surface area contributed by atoms with Gasteiger partial charge in [0.15, 0.2) is 0 Å². The van der Waals surface area contributed by atoms with Crippen LogP contribution in [0.4, 0.5) is 11.4 Å². The molecule has 0 unspecified atom stereocenters. The summed E-state index contributed by atoms with van der Waals surface area (Å²) in [6.45, 7) is 7.78. The molecular formula is C19H27ClN4. The van der Waals surface area contributed by atoms with Crippen molar-refractivity contribution in [3.8, 4) is 0 Å². The summed E-state index contributed by atoms with van der Waals surface area (Å²) in [5, 5.41) is 8.07. The zero-order valence-electron chi connectivity index (χ0n) is 14.8. The molecule has 1 aliphatic carbocycles. The molecule has 2 heterocycles. The van der Waals surface area contributed by atoms with Crippen LogP contribution in [-0.4, -0.2) is 27.8 Å². The smallest absolute Gasteiger partial charge is 0.0831 e. The summed E-state index contributed by atoms with van der Waals surface area (Å²) in [4.78, 5) is 2.63. The van der Waals surface area contributed by atoms with Crippen molar-refractivity contribution in [3.05, 3.63) is 40.7 Å². The first-order valence-electron chi connectivity index (χ1n) is 8.71. The molecule has 1 saturated carbocycles. The Morgan fingerprint density at radius 1 is 1.21 bits per heavy atom. The molecule has 0 spiro atoms. The Balaban J connectivity index is 0.00000169. The molecule has 2 aliphatic rings. The lowest BCUT2D eigenvalue weighted by atomic mass is 9.98. The second-order valence-corrected chi connectivity index (χ2v) is 7.21. The predicted octanol–water partition coefficient (Wildman–Crippen LogP) is 3.97. The van der Waals surface area contributed by atoms with Crippen LogP contribution in [0.25, 0.3) is 0 Å². The highest BCUT2D eigenvalue weighted by atomic mass is 35.5. The van der Waals surface area contributed by atoms with Crippen LogP contribution in [0, 0.1) is 19.8 Å². The quantitative estimate of drug-likeness (QED) is 0.909. The number of aryl methyl sites for hydroxylation is 2. The highest BCUT2D eigenvalue weighted by molar-refractivity contribution is 5.85. The summed E-state index contributed by atoms with van der Waals surface area (Å²) in [6.07, 6.45) is 4.06. The molecular weight excluding hydrogens is 320 g/mol. The van der Waals surface area contributed by atoms with Crippen molar-refractivity contribution in [1.29, 1.82) is 0 Å². The number of hydrogen-bond acceptors (Lipinski definition) is 3. The van der Waals surface area contributed by atoms with Crippen LogP contribution in [0.2, 0.25) is 0 Å². The molecule has 1 aromatic heterocycles. The molecule has 4 rings (SSSR count). The Morgan fingerprint density at radius 3 is 2.67 bits per heavy atom. The molecule has 130 valence electrons. The fraction of sp³-hybridized carbons (Fsp3) is 0.526. The molecule has 24 heavy (non-hydrogen) atoms. The van der Waals surface area contributed by atoms with Gasteiger partial charge in [-0.1, -0.05) is 6.07 Å². The summed E-state index contributed by atoms with van der Waals surface area (Å²) in [6, 6.07) is 6.84. The highest BCUT2D eigenvalue weighted by Crippen LogP contribution is 2.32. The topological polar surface area (TPSA) is 33.1 Å². The molecule has 0 atom stereocenters. The standard InChI is InChI=1S/C19H26N4.ClH/c1-13-19(14(2)22(3)21-13)20-18-7-6-16-8-9-23(11-15-4-5-15)12-17(16)10-18;/h6-7,10,15,20H,4-5,8-9,11-12H2,1-3H3;1H. The number of fused-ring (bicyclic) bond motifs is 1. The minimum atomic E-state index is 0. The maximum Gasteiger partial charge on any atom is 0.0831 e. The van der Waals surface area contributed by atoms with Gasteiger partial charge in [0, 0.05) is 32.4 Å². The zero-order valence-corrected chi connectivity index (χ0v) is 15.6.